The van der Waals surface area contributed by atoms with Crippen molar-refractivity contribution in [3.8, 4) is 17.6 Å². The number of nitriles is 1. The first kappa shape index (κ1) is 9.81. The van der Waals surface area contributed by atoms with E-state index in [-0.39, 0.29) is 6.10 Å². The smallest absolute Gasteiger partial charge is 0.163 e. The monoisotopic (exact) mass is 205 g/mol. The Morgan fingerprint density at radius 1 is 1.40 bits per heavy atom. The van der Waals surface area contributed by atoms with Crippen molar-refractivity contribution >= 4 is 0 Å². The van der Waals surface area contributed by atoms with Crippen LogP contribution in [-0.4, -0.2) is 26.4 Å². The number of nitrogens with zero attached hydrogens (tertiary/aromatic N) is 1. The molecule has 1 saturated heterocycles. The zero-order chi connectivity index (χ0) is 10.7. The zero-order valence-electron chi connectivity index (χ0n) is 8.40. The van der Waals surface area contributed by atoms with Crippen molar-refractivity contribution in [2.75, 3.05) is 20.3 Å². The van der Waals surface area contributed by atoms with Gasteiger partial charge in [-0.1, -0.05) is 0 Å². The van der Waals surface area contributed by atoms with Gasteiger partial charge in [-0.15, -0.1) is 0 Å². The molecule has 4 nitrogen and oxygen atoms in total. The molecule has 0 atom stereocenters. The standard InChI is InChI=1S/C11H11NO3/c1-13-10-3-2-8(5-12)4-11(10)15-9-6-14-7-9/h2-4,9H,6-7H2,1H3. The Morgan fingerprint density at radius 3 is 2.73 bits per heavy atom. The van der Waals surface area contributed by atoms with E-state index in [4.69, 9.17) is 19.5 Å². The molecule has 1 aromatic carbocycles. The molecule has 15 heavy (non-hydrogen) atoms. The van der Waals surface area contributed by atoms with E-state index in [0.717, 1.165) is 0 Å². The van der Waals surface area contributed by atoms with Crippen LogP contribution >= 0.6 is 0 Å². The molecule has 0 N–H and O–H groups in total. The van der Waals surface area contributed by atoms with E-state index in [9.17, 15) is 0 Å². The van der Waals surface area contributed by atoms with Crippen LogP contribution in [-0.2, 0) is 4.74 Å². The lowest BCUT2D eigenvalue weighted by atomic mass is 10.2. The molecule has 0 unspecified atom stereocenters. The summed E-state index contributed by atoms with van der Waals surface area (Å²) in [7, 11) is 1.57. The van der Waals surface area contributed by atoms with Crippen LogP contribution in [0.25, 0.3) is 0 Å². The molecule has 1 heterocycles. The van der Waals surface area contributed by atoms with Crippen LogP contribution in [0.2, 0.25) is 0 Å². The topological polar surface area (TPSA) is 51.5 Å². The highest BCUT2D eigenvalue weighted by atomic mass is 16.6. The summed E-state index contributed by atoms with van der Waals surface area (Å²) >= 11 is 0. The average Bonchev–Trinajstić information content (AvgIpc) is 2.23. The number of ether oxygens (including phenoxy) is 3. The first-order valence-electron chi connectivity index (χ1n) is 4.66. The maximum absolute atomic E-state index is 8.76. The summed E-state index contributed by atoms with van der Waals surface area (Å²) in [6.07, 6.45) is 0.0767. The number of hydrogen-bond acceptors (Lipinski definition) is 4. The first-order valence-corrected chi connectivity index (χ1v) is 4.66. The predicted molar refractivity (Wildman–Crippen MR) is 52.9 cm³/mol. The van der Waals surface area contributed by atoms with E-state index < -0.39 is 0 Å². The van der Waals surface area contributed by atoms with Gasteiger partial charge in [-0.3, -0.25) is 0 Å². The third-order valence-corrected chi connectivity index (χ3v) is 2.19. The lowest BCUT2D eigenvalue weighted by molar-refractivity contribution is -0.0803. The third kappa shape index (κ3) is 2.03. The minimum Gasteiger partial charge on any atom is -0.493 e. The number of rotatable bonds is 3. The van der Waals surface area contributed by atoms with Crippen molar-refractivity contribution < 1.29 is 14.2 Å². The van der Waals surface area contributed by atoms with Crippen LogP contribution < -0.4 is 9.47 Å². The van der Waals surface area contributed by atoms with Gasteiger partial charge < -0.3 is 14.2 Å². The van der Waals surface area contributed by atoms with Gasteiger partial charge >= 0.3 is 0 Å². The Hall–Kier alpha value is -1.73. The molecule has 2 rings (SSSR count). The van der Waals surface area contributed by atoms with Crippen LogP contribution in [0.3, 0.4) is 0 Å². The molecular weight excluding hydrogens is 194 g/mol. The van der Waals surface area contributed by atoms with Crippen molar-refractivity contribution in [3.05, 3.63) is 23.8 Å². The maximum atomic E-state index is 8.76. The fourth-order valence-corrected chi connectivity index (χ4v) is 1.30. The zero-order valence-corrected chi connectivity index (χ0v) is 8.40. The highest BCUT2D eigenvalue weighted by Gasteiger charge is 2.21. The normalized spacial score (nSPS) is 15.2. The highest BCUT2D eigenvalue weighted by molar-refractivity contribution is 5.46. The van der Waals surface area contributed by atoms with Crippen molar-refractivity contribution in [3.63, 3.8) is 0 Å². The van der Waals surface area contributed by atoms with Crippen molar-refractivity contribution in [1.82, 2.24) is 0 Å². The summed E-state index contributed by atoms with van der Waals surface area (Å²) in [5.74, 6) is 1.24. The van der Waals surface area contributed by atoms with Crippen LogP contribution in [0.5, 0.6) is 11.5 Å². The van der Waals surface area contributed by atoms with Crippen LogP contribution in [0.1, 0.15) is 5.56 Å². The second-order valence-corrected chi connectivity index (χ2v) is 3.25. The van der Waals surface area contributed by atoms with Gasteiger partial charge in [0.1, 0.15) is 6.10 Å². The van der Waals surface area contributed by atoms with E-state index >= 15 is 0 Å². The molecule has 78 valence electrons. The summed E-state index contributed by atoms with van der Waals surface area (Å²) in [6.45, 7) is 1.19. The molecule has 0 spiro atoms. The lowest BCUT2D eigenvalue weighted by Crippen LogP contribution is -2.38. The van der Waals surface area contributed by atoms with Crippen molar-refractivity contribution in [1.29, 1.82) is 5.26 Å². The molecule has 1 aromatic rings. The first-order chi connectivity index (χ1) is 7.33. The fraction of sp³-hybridized carbons (Fsp3) is 0.364. The van der Waals surface area contributed by atoms with Crippen LogP contribution in [0, 0.1) is 11.3 Å². The Bertz CT molecular complexity index is 393. The second kappa shape index (κ2) is 4.20. The summed E-state index contributed by atoms with van der Waals surface area (Å²) < 4.78 is 15.8. The summed E-state index contributed by atoms with van der Waals surface area (Å²) in [5, 5.41) is 8.76. The Kier molecular flexibility index (Phi) is 2.75. The van der Waals surface area contributed by atoms with Crippen LogP contribution in [0.4, 0.5) is 0 Å². The quantitative estimate of drug-likeness (QED) is 0.747. The van der Waals surface area contributed by atoms with Crippen molar-refractivity contribution in [2.24, 2.45) is 0 Å². The second-order valence-electron chi connectivity index (χ2n) is 3.25. The van der Waals surface area contributed by atoms with Gasteiger partial charge in [0.25, 0.3) is 0 Å². The van der Waals surface area contributed by atoms with Gasteiger partial charge in [0.05, 0.1) is 32.0 Å². The average molecular weight is 205 g/mol. The van der Waals surface area contributed by atoms with Gasteiger partial charge in [0.15, 0.2) is 11.5 Å². The van der Waals surface area contributed by atoms with Gasteiger partial charge in [0, 0.05) is 6.07 Å². The predicted octanol–water partition coefficient (Wildman–Crippen LogP) is 1.34. The van der Waals surface area contributed by atoms with E-state index in [1.807, 2.05) is 0 Å². The molecule has 1 fully saturated rings. The fourth-order valence-electron chi connectivity index (χ4n) is 1.30. The molecule has 1 aliphatic rings. The number of hydrogen-bond donors (Lipinski definition) is 0. The minimum absolute atomic E-state index is 0.0767. The molecule has 0 amide bonds. The molecule has 0 aromatic heterocycles. The lowest BCUT2D eigenvalue weighted by Gasteiger charge is -2.27. The van der Waals surface area contributed by atoms with E-state index in [2.05, 4.69) is 6.07 Å². The van der Waals surface area contributed by atoms with Gasteiger partial charge in [0.2, 0.25) is 0 Å². The Balaban J connectivity index is 2.21. The third-order valence-electron chi connectivity index (χ3n) is 2.19. The molecule has 1 aliphatic heterocycles. The Morgan fingerprint density at radius 2 is 2.20 bits per heavy atom. The molecule has 4 heteroatoms. The molecule has 0 bridgehead atoms. The maximum Gasteiger partial charge on any atom is 0.163 e. The SMILES string of the molecule is COc1ccc(C#N)cc1OC1COC1. The molecule has 0 aliphatic carbocycles. The van der Waals surface area contributed by atoms with Gasteiger partial charge in [-0.2, -0.15) is 5.26 Å². The van der Waals surface area contributed by atoms with Gasteiger partial charge in [-0.25, -0.2) is 0 Å². The molecule has 0 radical (unpaired) electrons. The number of methoxy groups -OCH3 is 1. The van der Waals surface area contributed by atoms with E-state index in [1.54, 1.807) is 25.3 Å². The highest BCUT2D eigenvalue weighted by Crippen LogP contribution is 2.29. The van der Waals surface area contributed by atoms with E-state index in [0.29, 0.717) is 30.3 Å². The minimum atomic E-state index is 0.0767. The number of benzene rings is 1. The summed E-state index contributed by atoms with van der Waals surface area (Å²) in [4.78, 5) is 0. The van der Waals surface area contributed by atoms with Gasteiger partial charge in [-0.05, 0) is 12.1 Å². The summed E-state index contributed by atoms with van der Waals surface area (Å²) in [6, 6.07) is 7.17. The molecular formula is C11H11NO3. The van der Waals surface area contributed by atoms with Crippen LogP contribution in [0.15, 0.2) is 18.2 Å². The Labute approximate surface area is 88.0 Å². The molecule has 0 saturated carbocycles. The largest absolute Gasteiger partial charge is 0.493 e. The summed E-state index contributed by atoms with van der Waals surface area (Å²) in [5.41, 5.74) is 0.561. The van der Waals surface area contributed by atoms with E-state index in [1.165, 1.54) is 0 Å². The van der Waals surface area contributed by atoms with Crippen molar-refractivity contribution in [2.45, 2.75) is 6.10 Å².